The molecule has 0 aliphatic carbocycles. The fourth-order valence-electron chi connectivity index (χ4n) is 3.02. The molecule has 0 aliphatic heterocycles. The number of rotatable bonds is 10. The molecule has 1 unspecified atom stereocenters. The van der Waals surface area contributed by atoms with Gasteiger partial charge in [-0.1, -0.05) is 13.8 Å². The molecule has 0 saturated heterocycles. The van der Waals surface area contributed by atoms with E-state index < -0.39 is 0 Å². The van der Waals surface area contributed by atoms with Crippen molar-refractivity contribution in [3.05, 3.63) is 47.5 Å². The third-order valence-electron chi connectivity index (χ3n) is 4.90. The zero-order chi connectivity index (χ0) is 21.6. The van der Waals surface area contributed by atoms with E-state index in [-0.39, 0.29) is 0 Å². The van der Waals surface area contributed by atoms with Crippen LogP contribution in [0.3, 0.4) is 0 Å². The summed E-state index contributed by atoms with van der Waals surface area (Å²) in [6.45, 7) is 13.0. The fourth-order valence-corrected chi connectivity index (χ4v) is 3.02. The van der Waals surface area contributed by atoms with Crippen molar-refractivity contribution in [3.63, 3.8) is 0 Å². The predicted octanol–water partition coefficient (Wildman–Crippen LogP) is 3.70. The summed E-state index contributed by atoms with van der Waals surface area (Å²) in [7, 11) is 2.26. The highest BCUT2D eigenvalue weighted by molar-refractivity contribution is 5.57. The summed E-state index contributed by atoms with van der Waals surface area (Å²) < 4.78 is 0. The Labute approximate surface area is 177 Å². The Balaban J connectivity index is 0.000000308. The molecule has 162 valence electrons. The van der Waals surface area contributed by atoms with Crippen molar-refractivity contribution in [3.8, 4) is 0 Å². The topological polar surface area (TPSA) is 80.5 Å². The third kappa shape index (κ3) is 10.1. The van der Waals surface area contributed by atoms with Gasteiger partial charge in [-0.25, -0.2) is 0 Å². The minimum atomic E-state index is 0.858. The van der Waals surface area contributed by atoms with Crippen LogP contribution in [0.2, 0.25) is 0 Å². The molecule has 0 saturated carbocycles. The van der Waals surface area contributed by atoms with Crippen LogP contribution in [0.5, 0.6) is 0 Å². The lowest BCUT2D eigenvalue weighted by Gasteiger charge is -2.13. The van der Waals surface area contributed by atoms with E-state index >= 15 is 0 Å². The molecule has 0 radical (unpaired) electrons. The molecular weight excluding hydrogens is 358 g/mol. The van der Waals surface area contributed by atoms with Crippen LogP contribution < -0.4 is 27.0 Å². The quantitative estimate of drug-likeness (QED) is 0.311. The molecule has 0 amide bonds. The van der Waals surface area contributed by atoms with Gasteiger partial charge in [-0.15, -0.1) is 0 Å². The average molecular weight is 401 g/mol. The first-order valence-electron chi connectivity index (χ1n) is 10.9. The lowest BCUT2D eigenvalue weighted by Crippen LogP contribution is -3.09. The zero-order valence-electron chi connectivity index (χ0n) is 19.1. The molecule has 5 heteroatoms. The maximum absolute atomic E-state index is 5.79. The number of benzene rings is 2. The maximum Gasteiger partial charge on any atom is 0.0785 e. The van der Waals surface area contributed by atoms with Gasteiger partial charge in [0, 0.05) is 42.3 Å². The Morgan fingerprint density at radius 3 is 1.72 bits per heavy atom. The molecule has 1 atom stereocenters. The van der Waals surface area contributed by atoms with Gasteiger partial charge in [0.05, 0.1) is 20.1 Å². The summed E-state index contributed by atoms with van der Waals surface area (Å²) >= 11 is 0. The highest BCUT2D eigenvalue weighted by atomic mass is 15.1. The largest absolute Gasteiger partial charge is 0.399 e. The van der Waals surface area contributed by atoms with Gasteiger partial charge in [-0.05, 0) is 74.2 Å². The molecule has 7 N–H and O–H groups in total. The van der Waals surface area contributed by atoms with Crippen LogP contribution >= 0.6 is 0 Å². The summed E-state index contributed by atoms with van der Waals surface area (Å²) in [5.41, 5.74) is 17.8. The van der Waals surface area contributed by atoms with Gasteiger partial charge in [0.1, 0.15) is 0 Å². The second kappa shape index (κ2) is 13.7. The Morgan fingerprint density at radius 1 is 0.759 bits per heavy atom. The summed E-state index contributed by atoms with van der Waals surface area (Å²) in [5, 5.41) is 6.75. The first-order chi connectivity index (χ1) is 13.9. The maximum atomic E-state index is 5.79. The van der Waals surface area contributed by atoms with Crippen LogP contribution in [0.4, 0.5) is 22.7 Å². The number of anilines is 4. The first kappa shape index (κ1) is 24.6. The molecule has 0 aliphatic rings. The normalized spacial score (nSPS) is 11.3. The van der Waals surface area contributed by atoms with Crippen LogP contribution in [0, 0.1) is 13.8 Å². The van der Waals surface area contributed by atoms with E-state index in [0.29, 0.717) is 0 Å². The highest BCUT2D eigenvalue weighted by Crippen LogP contribution is 2.17. The van der Waals surface area contributed by atoms with Crippen molar-refractivity contribution in [2.45, 2.75) is 47.0 Å². The van der Waals surface area contributed by atoms with Crippen LogP contribution in [0.25, 0.3) is 0 Å². The minimum Gasteiger partial charge on any atom is -0.399 e. The van der Waals surface area contributed by atoms with E-state index in [1.165, 1.54) is 31.6 Å². The zero-order valence-corrected chi connectivity index (χ0v) is 19.1. The lowest BCUT2D eigenvalue weighted by atomic mass is 10.2. The van der Waals surface area contributed by atoms with E-state index in [4.69, 9.17) is 11.5 Å². The number of hydrogen-bond donors (Lipinski definition) is 5. The summed E-state index contributed by atoms with van der Waals surface area (Å²) in [4.78, 5) is 1.61. The molecule has 2 aromatic carbocycles. The fraction of sp³-hybridized carbons (Fsp3) is 0.500. The standard InChI is InChI=1S/C14H25N3.C10H16N2/c1-4-9-17(3)10-5-8-16-13-6-7-14(15)12(2)11-13;1-3-6-12-9-4-5-10(11)8(2)7-9/h6-7,11,16H,4-5,8-10,15H2,1-3H3;4-5,7,12H,3,6,11H2,1-2H3/p+1. The highest BCUT2D eigenvalue weighted by Gasteiger charge is 2.00. The Kier molecular flexibility index (Phi) is 11.7. The molecule has 5 nitrogen and oxygen atoms in total. The van der Waals surface area contributed by atoms with Gasteiger partial charge in [-0.3, -0.25) is 0 Å². The molecular formula is C24H42N5+. The second-order valence-electron chi connectivity index (χ2n) is 7.81. The number of nitrogens with one attached hydrogen (secondary N) is 3. The minimum absolute atomic E-state index is 0.858. The third-order valence-corrected chi connectivity index (χ3v) is 4.90. The van der Waals surface area contributed by atoms with E-state index in [2.05, 4.69) is 43.7 Å². The van der Waals surface area contributed by atoms with Gasteiger partial charge >= 0.3 is 0 Å². The van der Waals surface area contributed by atoms with E-state index in [1.54, 1.807) is 4.90 Å². The van der Waals surface area contributed by atoms with Gasteiger partial charge in [-0.2, -0.15) is 0 Å². The van der Waals surface area contributed by atoms with Crippen LogP contribution in [-0.2, 0) is 0 Å². The molecule has 0 heterocycles. The molecule has 0 bridgehead atoms. The summed E-state index contributed by atoms with van der Waals surface area (Å²) in [5.74, 6) is 0. The molecule has 0 fully saturated rings. The van der Waals surface area contributed by atoms with Crippen LogP contribution in [-0.4, -0.2) is 33.2 Å². The SMILES string of the molecule is CCCNc1ccc(N)c(C)c1.CCC[NH+](C)CCCNc1ccc(N)c(C)c1. The van der Waals surface area contributed by atoms with Crippen molar-refractivity contribution in [1.29, 1.82) is 0 Å². The van der Waals surface area contributed by atoms with Crippen molar-refractivity contribution >= 4 is 22.7 Å². The molecule has 0 aromatic heterocycles. The predicted molar refractivity (Wildman–Crippen MR) is 130 cm³/mol. The van der Waals surface area contributed by atoms with Gasteiger partial charge in [0.15, 0.2) is 0 Å². The van der Waals surface area contributed by atoms with Crippen LogP contribution in [0.1, 0.15) is 44.2 Å². The second-order valence-corrected chi connectivity index (χ2v) is 7.81. The number of quaternary nitrogens is 1. The molecule has 0 spiro atoms. The van der Waals surface area contributed by atoms with Crippen molar-refractivity contribution in [2.24, 2.45) is 0 Å². The van der Waals surface area contributed by atoms with Gasteiger partial charge in [0.25, 0.3) is 0 Å². The first-order valence-corrected chi connectivity index (χ1v) is 10.9. The molecule has 29 heavy (non-hydrogen) atoms. The van der Waals surface area contributed by atoms with Crippen molar-refractivity contribution in [2.75, 3.05) is 55.3 Å². The molecule has 2 rings (SSSR count). The Bertz CT molecular complexity index is 714. The van der Waals surface area contributed by atoms with E-state index in [1.807, 2.05) is 38.1 Å². The smallest absolute Gasteiger partial charge is 0.0785 e. The number of nitrogen functional groups attached to an aromatic ring is 2. The van der Waals surface area contributed by atoms with Gasteiger partial charge < -0.3 is 27.0 Å². The monoisotopic (exact) mass is 400 g/mol. The van der Waals surface area contributed by atoms with E-state index in [9.17, 15) is 0 Å². The van der Waals surface area contributed by atoms with Crippen molar-refractivity contribution < 1.29 is 4.90 Å². The number of hydrogen-bond acceptors (Lipinski definition) is 4. The van der Waals surface area contributed by atoms with E-state index in [0.717, 1.165) is 47.7 Å². The van der Waals surface area contributed by atoms with Crippen molar-refractivity contribution in [1.82, 2.24) is 0 Å². The average Bonchev–Trinajstić information content (AvgIpc) is 2.69. The van der Waals surface area contributed by atoms with Crippen LogP contribution in [0.15, 0.2) is 36.4 Å². The lowest BCUT2D eigenvalue weighted by molar-refractivity contribution is -0.879. The summed E-state index contributed by atoms with van der Waals surface area (Å²) in [6, 6.07) is 12.1. The number of nitrogens with two attached hydrogens (primary N) is 2. The number of aryl methyl sites for hydroxylation is 2. The molecule has 2 aromatic rings. The Morgan fingerprint density at radius 2 is 1.28 bits per heavy atom. The van der Waals surface area contributed by atoms with Gasteiger partial charge in [0.2, 0.25) is 0 Å². The summed E-state index contributed by atoms with van der Waals surface area (Å²) in [6.07, 6.45) is 3.61. The Hall–Kier alpha value is -2.40.